The standard InChI is InChI=1S/C14H17N3O5/c1-22-7-6-16(9-13(19)20)12(18)8-17-11-5-3-2-4-10(11)15-14(17)21/h2-5H,6-9H2,1H3,(H,15,21)(H,19,20). The highest BCUT2D eigenvalue weighted by atomic mass is 16.5. The molecule has 1 aromatic carbocycles. The Bertz CT molecular complexity index is 733. The number of amides is 1. The molecular weight excluding hydrogens is 290 g/mol. The van der Waals surface area contributed by atoms with Gasteiger partial charge in [0.2, 0.25) is 5.91 Å². The van der Waals surface area contributed by atoms with Crippen LogP contribution < -0.4 is 5.69 Å². The van der Waals surface area contributed by atoms with E-state index in [-0.39, 0.29) is 19.7 Å². The van der Waals surface area contributed by atoms with Crippen LogP contribution in [-0.4, -0.2) is 58.2 Å². The van der Waals surface area contributed by atoms with Crippen LogP contribution in [-0.2, 0) is 20.9 Å². The maximum atomic E-state index is 12.3. The third-order valence-corrected chi connectivity index (χ3v) is 3.22. The Kier molecular flexibility index (Phi) is 4.95. The van der Waals surface area contributed by atoms with Gasteiger partial charge in [0.15, 0.2) is 0 Å². The molecule has 0 radical (unpaired) electrons. The van der Waals surface area contributed by atoms with Crippen LogP contribution in [0.1, 0.15) is 0 Å². The highest BCUT2D eigenvalue weighted by Gasteiger charge is 2.19. The second-order valence-electron chi connectivity index (χ2n) is 4.74. The van der Waals surface area contributed by atoms with Crippen LogP contribution in [0.15, 0.2) is 29.1 Å². The van der Waals surface area contributed by atoms with Gasteiger partial charge in [0.25, 0.3) is 0 Å². The Labute approximate surface area is 125 Å². The number of imidazole rings is 1. The molecule has 2 aromatic rings. The first kappa shape index (κ1) is 15.8. The molecule has 1 aromatic heterocycles. The molecule has 1 heterocycles. The van der Waals surface area contributed by atoms with Crippen LogP contribution >= 0.6 is 0 Å². The number of nitrogens with zero attached hydrogens (tertiary/aromatic N) is 2. The highest BCUT2D eigenvalue weighted by Crippen LogP contribution is 2.09. The largest absolute Gasteiger partial charge is 0.480 e. The molecule has 0 atom stereocenters. The highest BCUT2D eigenvalue weighted by molar-refractivity contribution is 5.83. The molecular formula is C14H17N3O5. The van der Waals surface area contributed by atoms with Gasteiger partial charge in [0.1, 0.15) is 13.1 Å². The molecule has 0 aliphatic heterocycles. The summed E-state index contributed by atoms with van der Waals surface area (Å²) >= 11 is 0. The molecule has 1 amide bonds. The maximum absolute atomic E-state index is 12.3. The topological polar surface area (TPSA) is 105 Å². The second-order valence-corrected chi connectivity index (χ2v) is 4.74. The summed E-state index contributed by atoms with van der Waals surface area (Å²) in [5, 5.41) is 8.88. The first-order valence-electron chi connectivity index (χ1n) is 6.69. The number of aromatic nitrogens is 2. The predicted molar refractivity (Wildman–Crippen MR) is 78.7 cm³/mol. The molecule has 22 heavy (non-hydrogen) atoms. The first-order valence-corrected chi connectivity index (χ1v) is 6.69. The van der Waals surface area contributed by atoms with E-state index in [2.05, 4.69) is 4.98 Å². The number of aromatic amines is 1. The number of carboxylic acid groups (broad SMARTS) is 1. The van der Waals surface area contributed by atoms with E-state index in [1.807, 2.05) is 0 Å². The van der Waals surface area contributed by atoms with Crippen LogP contribution in [0.2, 0.25) is 0 Å². The number of para-hydroxylation sites is 2. The number of benzene rings is 1. The molecule has 118 valence electrons. The van der Waals surface area contributed by atoms with Crippen LogP contribution in [0.4, 0.5) is 0 Å². The fraction of sp³-hybridized carbons (Fsp3) is 0.357. The van der Waals surface area contributed by atoms with Gasteiger partial charge in [-0.25, -0.2) is 4.79 Å². The number of methoxy groups -OCH3 is 1. The Morgan fingerprint density at radius 3 is 2.77 bits per heavy atom. The van der Waals surface area contributed by atoms with E-state index < -0.39 is 24.1 Å². The molecule has 0 unspecified atom stereocenters. The number of nitrogens with one attached hydrogen (secondary N) is 1. The number of hydrogen-bond acceptors (Lipinski definition) is 4. The zero-order chi connectivity index (χ0) is 16.1. The van der Waals surface area contributed by atoms with Gasteiger partial charge in [-0.15, -0.1) is 0 Å². The molecule has 8 nitrogen and oxygen atoms in total. The average molecular weight is 307 g/mol. The summed E-state index contributed by atoms with van der Waals surface area (Å²) in [6.45, 7) is -0.278. The van der Waals surface area contributed by atoms with E-state index in [0.717, 1.165) is 4.90 Å². The van der Waals surface area contributed by atoms with Crippen molar-refractivity contribution in [2.45, 2.75) is 6.54 Å². The van der Waals surface area contributed by atoms with Gasteiger partial charge >= 0.3 is 11.7 Å². The SMILES string of the molecule is COCCN(CC(=O)O)C(=O)Cn1c(=O)[nH]c2ccccc21. The summed E-state index contributed by atoms with van der Waals surface area (Å²) in [7, 11) is 1.47. The van der Waals surface area contributed by atoms with Crippen molar-refractivity contribution in [3.63, 3.8) is 0 Å². The van der Waals surface area contributed by atoms with Crippen molar-refractivity contribution in [3.8, 4) is 0 Å². The Morgan fingerprint density at radius 2 is 2.09 bits per heavy atom. The van der Waals surface area contributed by atoms with E-state index >= 15 is 0 Å². The number of H-pyrrole nitrogens is 1. The molecule has 2 N–H and O–H groups in total. The summed E-state index contributed by atoms with van der Waals surface area (Å²) in [5.41, 5.74) is 0.821. The fourth-order valence-corrected chi connectivity index (χ4v) is 2.16. The fourth-order valence-electron chi connectivity index (χ4n) is 2.16. The summed E-state index contributed by atoms with van der Waals surface area (Å²) in [4.78, 5) is 38.9. The number of carbonyl (C=O) groups is 2. The summed E-state index contributed by atoms with van der Waals surface area (Å²) < 4.78 is 6.16. The van der Waals surface area contributed by atoms with Gasteiger partial charge in [-0.1, -0.05) is 12.1 Å². The van der Waals surface area contributed by atoms with Gasteiger partial charge in [-0.2, -0.15) is 0 Å². The molecule has 8 heteroatoms. The first-order chi connectivity index (χ1) is 10.5. The van der Waals surface area contributed by atoms with Crippen molar-refractivity contribution < 1.29 is 19.4 Å². The number of hydrogen-bond donors (Lipinski definition) is 2. The van der Waals surface area contributed by atoms with Crippen LogP contribution in [0.5, 0.6) is 0 Å². The molecule has 0 aliphatic carbocycles. The van der Waals surface area contributed by atoms with Gasteiger partial charge in [-0.05, 0) is 12.1 Å². The van der Waals surface area contributed by atoms with E-state index in [1.54, 1.807) is 24.3 Å². The molecule has 2 rings (SSSR count). The lowest BCUT2D eigenvalue weighted by atomic mass is 10.3. The minimum Gasteiger partial charge on any atom is -0.480 e. The van der Waals surface area contributed by atoms with E-state index in [4.69, 9.17) is 9.84 Å². The Hall–Kier alpha value is -2.61. The van der Waals surface area contributed by atoms with Crippen LogP contribution in [0.3, 0.4) is 0 Å². The zero-order valence-corrected chi connectivity index (χ0v) is 12.1. The summed E-state index contributed by atoms with van der Waals surface area (Å²) in [5.74, 6) is -1.57. The van der Waals surface area contributed by atoms with Gasteiger partial charge in [0, 0.05) is 13.7 Å². The smallest absolute Gasteiger partial charge is 0.326 e. The molecule has 0 saturated heterocycles. The molecule has 0 bridgehead atoms. The quantitative estimate of drug-likeness (QED) is 0.742. The van der Waals surface area contributed by atoms with Crippen molar-refractivity contribution in [2.75, 3.05) is 26.8 Å². The van der Waals surface area contributed by atoms with Crippen molar-refractivity contribution in [2.24, 2.45) is 0 Å². The monoisotopic (exact) mass is 307 g/mol. The lowest BCUT2D eigenvalue weighted by molar-refractivity contribution is -0.145. The lowest BCUT2D eigenvalue weighted by Gasteiger charge is -2.20. The number of aliphatic carboxylic acids is 1. The Morgan fingerprint density at radius 1 is 1.36 bits per heavy atom. The van der Waals surface area contributed by atoms with E-state index in [0.29, 0.717) is 11.0 Å². The van der Waals surface area contributed by atoms with Crippen LogP contribution in [0.25, 0.3) is 11.0 Å². The average Bonchev–Trinajstić information content (AvgIpc) is 2.79. The van der Waals surface area contributed by atoms with Gasteiger partial charge in [-0.3, -0.25) is 14.2 Å². The number of ether oxygens (including phenoxy) is 1. The van der Waals surface area contributed by atoms with Gasteiger partial charge in [0.05, 0.1) is 17.6 Å². The predicted octanol–water partition coefficient (Wildman–Crippen LogP) is -0.111. The van der Waals surface area contributed by atoms with Gasteiger partial charge < -0.3 is 19.7 Å². The number of fused-ring (bicyclic) bond motifs is 1. The van der Waals surface area contributed by atoms with Crippen molar-refractivity contribution in [1.82, 2.24) is 14.5 Å². The maximum Gasteiger partial charge on any atom is 0.326 e. The molecule has 0 spiro atoms. The van der Waals surface area contributed by atoms with Crippen LogP contribution in [0, 0.1) is 0 Å². The molecule has 0 fully saturated rings. The third kappa shape index (κ3) is 3.53. The van der Waals surface area contributed by atoms with Crippen molar-refractivity contribution >= 4 is 22.9 Å². The lowest BCUT2D eigenvalue weighted by Crippen LogP contribution is -2.41. The normalized spacial score (nSPS) is 10.8. The Balaban J connectivity index is 2.22. The zero-order valence-electron chi connectivity index (χ0n) is 12.1. The van der Waals surface area contributed by atoms with Crippen molar-refractivity contribution in [1.29, 1.82) is 0 Å². The minimum absolute atomic E-state index is 0.152. The van der Waals surface area contributed by atoms with E-state index in [9.17, 15) is 14.4 Å². The number of carboxylic acids is 1. The van der Waals surface area contributed by atoms with E-state index in [1.165, 1.54) is 11.7 Å². The number of rotatable bonds is 7. The van der Waals surface area contributed by atoms with Crippen molar-refractivity contribution in [3.05, 3.63) is 34.7 Å². The third-order valence-electron chi connectivity index (χ3n) is 3.22. The second kappa shape index (κ2) is 6.90. The summed E-state index contributed by atoms with van der Waals surface area (Å²) in [6.07, 6.45) is 0. The molecule has 0 saturated carbocycles. The molecule has 0 aliphatic rings. The number of carbonyl (C=O) groups excluding carboxylic acids is 1. The summed E-state index contributed by atoms with van der Waals surface area (Å²) in [6, 6.07) is 6.99. The minimum atomic E-state index is -1.12.